The van der Waals surface area contributed by atoms with Gasteiger partial charge in [-0.15, -0.1) is 0 Å². The van der Waals surface area contributed by atoms with Gasteiger partial charge >= 0.3 is 0 Å². The van der Waals surface area contributed by atoms with Crippen LogP contribution in [0, 0.1) is 11.8 Å². The molecule has 5 nitrogen and oxygen atoms in total. The molecule has 2 aliphatic rings. The van der Waals surface area contributed by atoms with Gasteiger partial charge in [-0.3, -0.25) is 0 Å². The average molecular weight is 352 g/mol. The van der Waals surface area contributed by atoms with Crippen molar-refractivity contribution in [3.8, 4) is 5.75 Å². The highest BCUT2D eigenvalue weighted by Gasteiger charge is 2.52. The molecule has 2 aromatic rings. The number of benzene rings is 1. The summed E-state index contributed by atoms with van der Waals surface area (Å²) in [7, 11) is 5.64. The van der Waals surface area contributed by atoms with Crippen molar-refractivity contribution in [2.75, 3.05) is 26.1 Å². The van der Waals surface area contributed by atoms with Gasteiger partial charge in [0.1, 0.15) is 5.75 Å². The third-order valence-electron chi connectivity index (χ3n) is 6.07. The van der Waals surface area contributed by atoms with Crippen LogP contribution in [0.2, 0.25) is 0 Å². The first-order valence-electron chi connectivity index (χ1n) is 9.53. The Kier molecular flexibility index (Phi) is 4.81. The van der Waals surface area contributed by atoms with Crippen LogP contribution in [-0.4, -0.2) is 37.2 Å². The van der Waals surface area contributed by atoms with Crippen LogP contribution in [0.4, 0.5) is 5.95 Å². The van der Waals surface area contributed by atoms with Gasteiger partial charge in [0.15, 0.2) is 0 Å². The largest absolute Gasteiger partial charge is 0.497 e. The Morgan fingerprint density at radius 2 is 1.77 bits per heavy atom. The maximum atomic E-state index is 5.31. The van der Waals surface area contributed by atoms with Crippen molar-refractivity contribution in [3.63, 3.8) is 0 Å². The van der Waals surface area contributed by atoms with Gasteiger partial charge in [0, 0.05) is 50.6 Å². The minimum Gasteiger partial charge on any atom is -0.497 e. The standard InChI is InChI=1S/C21H28N4O/c1-25(2)21-23-12-14(13-24-21)11-22-20-18-6-4-5-17(18)19(20)15-7-9-16(26-3)10-8-15/h7-10,12-13,17-20,22H,4-6,11H2,1-3H3/t17?,18?,19-,20-/m1/s1. The van der Waals surface area contributed by atoms with Crippen molar-refractivity contribution in [2.24, 2.45) is 11.8 Å². The van der Waals surface area contributed by atoms with E-state index in [9.17, 15) is 0 Å². The van der Waals surface area contributed by atoms with Crippen LogP contribution in [0.15, 0.2) is 36.7 Å². The summed E-state index contributed by atoms with van der Waals surface area (Å²) >= 11 is 0. The van der Waals surface area contributed by atoms with E-state index >= 15 is 0 Å². The summed E-state index contributed by atoms with van der Waals surface area (Å²) in [5.41, 5.74) is 2.58. The molecule has 0 bridgehead atoms. The first kappa shape index (κ1) is 17.3. The molecule has 1 aromatic heterocycles. The molecule has 0 saturated heterocycles. The van der Waals surface area contributed by atoms with E-state index in [1.165, 1.54) is 24.8 Å². The minimum absolute atomic E-state index is 0.546. The predicted molar refractivity (Wildman–Crippen MR) is 104 cm³/mol. The third kappa shape index (κ3) is 3.16. The monoisotopic (exact) mass is 352 g/mol. The quantitative estimate of drug-likeness (QED) is 0.865. The van der Waals surface area contributed by atoms with Gasteiger partial charge in [-0.05, 0) is 42.4 Å². The van der Waals surface area contributed by atoms with Crippen molar-refractivity contribution in [1.29, 1.82) is 0 Å². The Morgan fingerprint density at radius 1 is 1.08 bits per heavy atom. The molecule has 2 aliphatic carbocycles. The zero-order chi connectivity index (χ0) is 18.1. The zero-order valence-corrected chi connectivity index (χ0v) is 15.9. The van der Waals surface area contributed by atoms with E-state index in [2.05, 4.69) is 39.6 Å². The molecule has 0 spiro atoms. The second kappa shape index (κ2) is 7.23. The van der Waals surface area contributed by atoms with Crippen molar-refractivity contribution in [2.45, 2.75) is 37.8 Å². The molecule has 0 radical (unpaired) electrons. The SMILES string of the molecule is COc1ccc([C@@H]2C3CCCC3[C@H]2NCc2cnc(N(C)C)nc2)cc1. The molecule has 0 amide bonds. The Morgan fingerprint density at radius 3 is 2.42 bits per heavy atom. The summed E-state index contributed by atoms with van der Waals surface area (Å²) in [5.74, 6) is 3.93. The van der Waals surface area contributed by atoms with Crippen LogP contribution in [-0.2, 0) is 6.54 Å². The molecule has 0 aliphatic heterocycles. The Hall–Kier alpha value is -2.14. The maximum absolute atomic E-state index is 5.31. The summed E-state index contributed by atoms with van der Waals surface area (Å²) in [6.07, 6.45) is 7.94. The lowest BCUT2D eigenvalue weighted by Crippen LogP contribution is -2.54. The molecule has 1 N–H and O–H groups in total. The van der Waals surface area contributed by atoms with E-state index in [0.717, 1.165) is 35.6 Å². The summed E-state index contributed by atoms with van der Waals surface area (Å²) in [6.45, 7) is 0.828. The van der Waals surface area contributed by atoms with Gasteiger partial charge in [0.05, 0.1) is 7.11 Å². The fourth-order valence-corrected chi connectivity index (χ4v) is 4.76. The van der Waals surface area contributed by atoms with Gasteiger partial charge in [-0.25, -0.2) is 9.97 Å². The summed E-state index contributed by atoms with van der Waals surface area (Å²) in [5, 5.41) is 3.81. The predicted octanol–water partition coefficient (Wildman–Crippen LogP) is 3.22. The molecule has 1 aromatic carbocycles. The van der Waals surface area contributed by atoms with Crippen molar-refractivity contribution < 1.29 is 4.74 Å². The van der Waals surface area contributed by atoms with Gasteiger partial charge < -0.3 is 15.0 Å². The Labute approximate surface area is 155 Å². The third-order valence-corrected chi connectivity index (χ3v) is 6.07. The number of fused-ring (bicyclic) bond motifs is 1. The topological polar surface area (TPSA) is 50.3 Å². The number of methoxy groups -OCH3 is 1. The van der Waals surface area contributed by atoms with Crippen LogP contribution in [0.5, 0.6) is 5.75 Å². The summed E-state index contributed by atoms with van der Waals surface area (Å²) in [6, 6.07) is 9.19. The zero-order valence-electron chi connectivity index (χ0n) is 15.9. The molecule has 1 heterocycles. The smallest absolute Gasteiger partial charge is 0.224 e. The lowest BCUT2D eigenvalue weighted by Gasteiger charge is -2.50. The average Bonchev–Trinajstić information content (AvgIpc) is 3.06. The number of nitrogens with one attached hydrogen (secondary N) is 1. The van der Waals surface area contributed by atoms with E-state index in [-0.39, 0.29) is 0 Å². The highest BCUT2D eigenvalue weighted by Crippen LogP contribution is 2.56. The maximum Gasteiger partial charge on any atom is 0.224 e. The molecule has 5 heteroatoms. The number of rotatable bonds is 6. The molecular weight excluding hydrogens is 324 g/mol. The summed E-state index contributed by atoms with van der Waals surface area (Å²) in [4.78, 5) is 10.8. The number of hydrogen-bond acceptors (Lipinski definition) is 5. The molecule has 4 rings (SSSR count). The first-order valence-corrected chi connectivity index (χ1v) is 9.53. The second-order valence-electron chi connectivity index (χ2n) is 7.75. The van der Waals surface area contributed by atoms with Crippen molar-refractivity contribution in [3.05, 3.63) is 47.8 Å². The lowest BCUT2D eigenvalue weighted by atomic mass is 9.60. The highest BCUT2D eigenvalue weighted by molar-refractivity contribution is 5.34. The molecule has 4 atom stereocenters. The van der Waals surface area contributed by atoms with E-state index in [0.29, 0.717) is 12.0 Å². The minimum atomic E-state index is 0.546. The van der Waals surface area contributed by atoms with Gasteiger partial charge in [-0.1, -0.05) is 18.6 Å². The normalized spacial score (nSPS) is 26.9. The van der Waals surface area contributed by atoms with Gasteiger partial charge in [0.2, 0.25) is 5.95 Å². The lowest BCUT2D eigenvalue weighted by molar-refractivity contribution is 0.0940. The molecular formula is C21H28N4O. The number of anilines is 1. The van der Waals surface area contributed by atoms with Crippen LogP contribution in [0.3, 0.4) is 0 Å². The number of nitrogens with zero attached hydrogens (tertiary/aromatic N) is 3. The van der Waals surface area contributed by atoms with E-state index in [4.69, 9.17) is 4.74 Å². The molecule has 2 saturated carbocycles. The van der Waals surface area contributed by atoms with E-state index < -0.39 is 0 Å². The fourth-order valence-electron chi connectivity index (χ4n) is 4.76. The Bertz CT molecular complexity index is 729. The first-order chi connectivity index (χ1) is 12.7. The van der Waals surface area contributed by atoms with Crippen molar-refractivity contribution >= 4 is 5.95 Å². The highest BCUT2D eigenvalue weighted by atomic mass is 16.5. The van der Waals surface area contributed by atoms with Crippen LogP contribution in [0.1, 0.15) is 36.3 Å². The molecule has 2 unspecified atom stereocenters. The van der Waals surface area contributed by atoms with Gasteiger partial charge in [0.25, 0.3) is 0 Å². The number of aromatic nitrogens is 2. The fraction of sp³-hybridized carbons (Fsp3) is 0.524. The van der Waals surface area contributed by atoms with Crippen LogP contribution in [0.25, 0.3) is 0 Å². The summed E-state index contributed by atoms with van der Waals surface area (Å²) < 4.78 is 5.31. The molecule has 26 heavy (non-hydrogen) atoms. The van der Waals surface area contributed by atoms with E-state index in [1.807, 2.05) is 31.4 Å². The van der Waals surface area contributed by atoms with Crippen molar-refractivity contribution in [1.82, 2.24) is 15.3 Å². The van der Waals surface area contributed by atoms with Crippen LogP contribution < -0.4 is 15.0 Å². The molecule has 138 valence electrons. The molecule has 2 fully saturated rings. The number of ether oxygens (including phenoxy) is 1. The Balaban J connectivity index is 1.45. The van der Waals surface area contributed by atoms with E-state index in [1.54, 1.807) is 7.11 Å². The van der Waals surface area contributed by atoms with Gasteiger partial charge in [-0.2, -0.15) is 0 Å². The number of hydrogen-bond donors (Lipinski definition) is 1. The second-order valence-corrected chi connectivity index (χ2v) is 7.75. The van der Waals surface area contributed by atoms with Crippen LogP contribution >= 0.6 is 0 Å².